The number of benzene rings is 1. The molecule has 1 aromatic carbocycles. The topological polar surface area (TPSA) is 21.3 Å². The Bertz CT molecular complexity index is 351. The Morgan fingerprint density at radius 3 is 2.35 bits per heavy atom. The zero-order chi connectivity index (χ0) is 14.8. The molecule has 0 spiro atoms. The van der Waals surface area contributed by atoms with Crippen molar-refractivity contribution in [2.24, 2.45) is 5.41 Å². The molecular weight excluding hydrogens is 246 g/mol. The van der Waals surface area contributed by atoms with E-state index in [1.54, 1.807) is 0 Å². The third-order valence-corrected chi connectivity index (χ3v) is 3.34. The van der Waals surface area contributed by atoms with Crippen molar-refractivity contribution in [3.63, 3.8) is 0 Å². The van der Waals surface area contributed by atoms with Gasteiger partial charge in [0.15, 0.2) is 0 Å². The number of aryl methyl sites for hydroxylation is 1. The molecule has 0 aliphatic heterocycles. The zero-order valence-electron chi connectivity index (χ0n) is 13.7. The first-order valence-corrected chi connectivity index (χ1v) is 7.94. The highest BCUT2D eigenvalue weighted by molar-refractivity contribution is 5.27. The van der Waals surface area contributed by atoms with E-state index in [0.717, 1.165) is 25.4 Å². The fraction of sp³-hybridized carbons (Fsp3) is 0.667. The molecule has 0 radical (unpaired) electrons. The largest absolute Gasteiger partial charge is 0.492 e. The van der Waals surface area contributed by atoms with E-state index < -0.39 is 0 Å². The molecule has 114 valence electrons. The first kappa shape index (κ1) is 17.0. The molecule has 0 aliphatic carbocycles. The van der Waals surface area contributed by atoms with Gasteiger partial charge in [-0.2, -0.15) is 0 Å². The van der Waals surface area contributed by atoms with E-state index in [-0.39, 0.29) is 0 Å². The van der Waals surface area contributed by atoms with Crippen molar-refractivity contribution in [3.8, 4) is 5.75 Å². The lowest BCUT2D eigenvalue weighted by Gasteiger charge is -2.18. The van der Waals surface area contributed by atoms with Crippen LogP contribution in [-0.2, 0) is 6.42 Å². The minimum atomic E-state index is 0.405. The summed E-state index contributed by atoms with van der Waals surface area (Å²) in [5, 5.41) is 3.43. The number of unbranched alkanes of at least 4 members (excludes halogenated alkanes) is 1. The third kappa shape index (κ3) is 8.21. The predicted molar refractivity (Wildman–Crippen MR) is 87.5 cm³/mol. The Morgan fingerprint density at radius 2 is 1.75 bits per heavy atom. The highest BCUT2D eigenvalue weighted by Gasteiger charge is 2.08. The molecule has 0 fully saturated rings. The second-order valence-electron chi connectivity index (χ2n) is 6.66. The maximum Gasteiger partial charge on any atom is 0.119 e. The van der Waals surface area contributed by atoms with Crippen LogP contribution in [-0.4, -0.2) is 19.7 Å². The molecule has 0 unspecified atom stereocenters. The average Bonchev–Trinajstić information content (AvgIpc) is 2.40. The first-order chi connectivity index (χ1) is 9.51. The third-order valence-electron chi connectivity index (χ3n) is 3.34. The summed E-state index contributed by atoms with van der Waals surface area (Å²) in [6.07, 6.45) is 4.88. The zero-order valence-corrected chi connectivity index (χ0v) is 13.7. The molecule has 0 atom stereocenters. The van der Waals surface area contributed by atoms with Crippen LogP contribution >= 0.6 is 0 Å². The molecule has 0 amide bonds. The van der Waals surface area contributed by atoms with Crippen molar-refractivity contribution in [1.29, 1.82) is 0 Å². The molecule has 0 saturated heterocycles. The van der Waals surface area contributed by atoms with Gasteiger partial charge in [-0.3, -0.25) is 0 Å². The van der Waals surface area contributed by atoms with Crippen molar-refractivity contribution in [2.45, 2.75) is 53.4 Å². The van der Waals surface area contributed by atoms with E-state index in [2.05, 4.69) is 57.3 Å². The molecule has 1 rings (SSSR count). The van der Waals surface area contributed by atoms with Gasteiger partial charge in [-0.05, 0) is 48.9 Å². The van der Waals surface area contributed by atoms with Gasteiger partial charge in [0.2, 0.25) is 0 Å². The highest BCUT2D eigenvalue weighted by Crippen LogP contribution is 2.17. The van der Waals surface area contributed by atoms with Gasteiger partial charge in [0.25, 0.3) is 0 Å². The summed E-state index contributed by atoms with van der Waals surface area (Å²) in [6.45, 7) is 11.7. The Balaban J connectivity index is 2.13. The van der Waals surface area contributed by atoms with Crippen molar-refractivity contribution < 1.29 is 4.74 Å². The van der Waals surface area contributed by atoms with Gasteiger partial charge in [0.05, 0.1) is 0 Å². The number of nitrogens with one attached hydrogen (secondary N) is 1. The van der Waals surface area contributed by atoms with Gasteiger partial charge >= 0.3 is 0 Å². The fourth-order valence-electron chi connectivity index (χ4n) is 1.96. The molecule has 2 heteroatoms. The Kier molecular flexibility index (Phi) is 7.68. The number of hydrogen-bond acceptors (Lipinski definition) is 2. The lowest BCUT2D eigenvalue weighted by molar-refractivity contribution is 0.304. The van der Waals surface area contributed by atoms with Gasteiger partial charge in [-0.15, -0.1) is 0 Å². The van der Waals surface area contributed by atoms with E-state index in [1.165, 1.54) is 31.2 Å². The standard InChI is InChI=1S/C18H31NO/c1-5-6-7-16-8-10-17(11-9-16)20-15-14-19-13-12-18(2,3)4/h8-11,19H,5-7,12-15H2,1-4H3. The minimum Gasteiger partial charge on any atom is -0.492 e. The predicted octanol–water partition coefficient (Wildman–Crippen LogP) is 4.43. The molecule has 0 bridgehead atoms. The molecule has 0 saturated carbocycles. The van der Waals surface area contributed by atoms with Crippen LogP contribution in [0.25, 0.3) is 0 Å². The van der Waals surface area contributed by atoms with Crippen molar-refractivity contribution in [2.75, 3.05) is 19.7 Å². The summed E-state index contributed by atoms with van der Waals surface area (Å²) in [4.78, 5) is 0. The first-order valence-electron chi connectivity index (χ1n) is 7.94. The van der Waals surface area contributed by atoms with E-state index in [4.69, 9.17) is 4.74 Å². The van der Waals surface area contributed by atoms with Gasteiger partial charge in [0, 0.05) is 6.54 Å². The van der Waals surface area contributed by atoms with E-state index in [0.29, 0.717) is 5.41 Å². The summed E-state index contributed by atoms with van der Waals surface area (Å²) in [7, 11) is 0. The van der Waals surface area contributed by atoms with Gasteiger partial charge in [0.1, 0.15) is 12.4 Å². The van der Waals surface area contributed by atoms with Crippen LogP contribution in [0.1, 0.15) is 52.5 Å². The quantitative estimate of drug-likeness (QED) is 0.674. The number of rotatable bonds is 9. The van der Waals surface area contributed by atoms with Crippen LogP contribution in [0.4, 0.5) is 0 Å². The normalized spacial score (nSPS) is 11.6. The van der Waals surface area contributed by atoms with Crippen LogP contribution in [0, 0.1) is 5.41 Å². The number of hydrogen-bond donors (Lipinski definition) is 1. The van der Waals surface area contributed by atoms with Crippen LogP contribution < -0.4 is 10.1 Å². The van der Waals surface area contributed by atoms with E-state index in [9.17, 15) is 0 Å². The van der Waals surface area contributed by atoms with Crippen molar-refractivity contribution in [1.82, 2.24) is 5.32 Å². The van der Waals surface area contributed by atoms with Crippen molar-refractivity contribution >= 4 is 0 Å². The summed E-state index contributed by atoms with van der Waals surface area (Å²) in [5.74, 6) is 0.975. The van der Waals surface area contributed by atoms with Crippen LogP contribution in [0.5, 0.6) is 5.75 Å². The van der Waals surface area contributed by atoms with Gasteiger partial charge < -0.3 is 10.1 Å². The van der Waals surface area contributed by atoms with Gasteiger partial charge in [-0.1, -0.05) is 46.2 Å². The van der Waals surface area contributed by atoms with Crippen LogP contribution in [0.15, 0.2) is 24.3 Å². The lowest BCUT2D eigenvalue weighted by atomic mass is 9.92. The van der Waals surface area contributed by atoms with Crippen LogP contribution in [0.3, 0.4) is 0 Å². The number of ether oxygens (including phenoxy) is 1. The van der Waals surface area contributed by atoms with Crippen molar-refractivity contribution in [3.05, 3.63) is 29.8 Å². The molecule has 0 aromatic heterocycles. The maximum atomic E-state index is 5.74. The SMILES string of the molecule is CCCCc1ccc(OCCNCCC(C)(C)C)cc1. The van der Waals surface area contributed by atoms with Gasteiger partial charge in [-0.25, -0.2) is 0 Å². The lowest BCUT2D eigenvalue weighted by Crippen LogP contribution is -2.25. The second kappa shape index (κ2) is 9.02. The van der Waals surface area contributed by atoms with E-state index in [1.807, 2.05) is 0 Å². The monoisotopic (exact) mass is 277 g/mol. The molecule has 0 heterocycles. The summed E-state index contributed by atoms with van der Waals surface area (Å²) < 4.78 is 5.74. The summed E-state index contributed by atoms with van der Waals surface area (Å²) in [5.41, 5.74) is 1.81. The molecule has 2 nitrogen and oxygen atoms in total. The second-order valence-corrected chi connectivity index (χ2v) is 6.66. The Morgan fingerprint density at radius 1 is 1.05 bits per heavy atom. The molecule has 0 aliphatic rings. The highest BCUT2D eigenvalue weighted by atomic mass is 16.5. The minimum absolute atomic E-state index is 0.405. The van der Waals surface area contributed by atoms with Crippen LogP contribution in [0.2, 0.25) is 0 Å². The summed E-state index contributed by atoms with van der Waals surface area (Å²) in [6, 6.07) is 8.52. The average molecular weight is 277 g/mol. The fourth-order valence-corrected chi connectivity index (χ4v) is 1.96. The van der Waals surface area contributed by atoms with E-state index >= 15 is 0 Å². The molecule has 1 N–H and O–H groups in total. The Hall–Kier alpha value is -1.02. The molecule has 1 aromatic rings. The maximum absolute atomic E-state index is 5.74. The summed E-state index contributed by atoms with van der Waals surface area (Å²) >= 11 is 0. The smallest absolute Gasteiger partial charge is 0.119 e. The molecule has 20 heavy (non-hydrogen) atoms. The Labute approximate surface area is 124 Å². The molecular formula is C18H31NO.